The lowest BCUT2D eigenvalue weighted by atomic mass is 10.1. The first kappa shape index (κ1) is 19.3. The molecule has 0 radical (unpaired) electrons. The maximum atomic E-state index is 13.3. The zero-order chi connectivity index (χ0) is 20.3. The van der Waals surface area contributed by atoms with Crippen LogP contribution in [-0.2, 0) is 11.9 Å². The van der Waals surface area contributed by atoms with Crippen LogP contribution in [0.3, 0.4) is 0 Å². The smallest absolute Gasteiger partial charge is 0.287 e. The fraction of sp³-hybridized carbons (Fsp3) is 0.0870. The summed E-state index contributed by atoms with van der Waals surface area (Å²) >= 11 is 1.49. The maximum absolute atomic E-state index is 13.3. The van der Waals surface area contributed by atoms with E-state index in [0.717, 1.165) is 22.9 Å². The van der Waals surface area contributed by atoms with Gasteiger partial charge >= 0.3 is 6.18 Å². The summed E-state index contributed by atoms with van der Waals surface area (Å²) in [7, 11) is 0. The summed E-state index contributed by atoms with van der Waals surface area (Å²) in [4.78, 5) is 4.52. The number of imidazole rings is 1. The van der Waals surface area contributed by atoms with Gasteiger partial charge in [-0.2, -0.15) is 13.2 Å². The van der Waals surface area contributed by atoms with E-state index in [1.54, 1.807) is 16.8 Å². The minimum absolute atomic E-state index is 0.437. The van der Waals surface area contributed by atoms with E-state index in [2.05, 4.69) is 4.98 Å². The summed E-state index contributed by atoms with van der Waals surface area (Å²) < 4.78 is 41.6. The van der Waals surface area contributed by atoms with Gasteiger partial charge in [-0.3, -0.25) is 4.57 Å². The molecule has 0 atom stereocenters. The number of rotatable bonds is 5. The van der Waals surface area contributed by atoms with Crippen molar-refractivity contribution in [1.82, 2.24) is 9.55 Å². The van der Waals surface area contributed by atoms with Gasteiger partial charge in [-0.1, -0.05) is 78.5 Å². The molecule has 2 nitrogen and oxygen atoms in total. The Labute approximate surface area is 171 Å². The van der Waals surface area contributed by atoms with Crippen molar-refractivity contribution < 1.29 is 13.2 Å². The van der Waals surface area contributed by atoms with Crippen molar-refractivity contribution in [2.45, 2.75) is 17.1 Å². The topological polar surface area (TPSA) is 17.8 Å². The van der Waals surface area contributed by atoms with Gasteiger partial charge in [0.2, 0.25) is 0 Å². The summed E-state index contributed by atoms with van der Waals surface area (Å²) in [5.74, 6) is 0.672. The van der Waals surface area contributed by atoms with Crippen molar-refractivity contribution in [3.63, 3.8) is 0 Å². The van der Waals surface area contributed by atoms with Crippen LogP contribution >= 0.6 is 11.8 Å². The minimum atomic E-state index is -4.40. The summed E-state index contributed by atoms with van der Waals surface area (Å²) in [6, 6.07) is 24.8. The second-order valence-electron chi connectivity index (χ2n) is 6.45. The van der Waals surface area contributed by atoms with Crippen LogP contribution in [0.5, 0.6) is 0 Å². The predicted molar refractivity (Wildman–Crippen MR) is 110 cm³/mol. The summed E-state index contributed by atoms with van der Waals surface area (Å²) in [6.45, 7) is 0. The molecule has 0 aliphatic carbocycles. The van der Waals surface area contributed by atoms with Gasteiger partial charge in [0.25, 0.3) is 0 Å². The number of aromatic nitrogens is 2. The Balaban J connectivity index is 1.78. The molecule has 0 fully saturated rings. The van der Waals surface area contributed by atoms with Crippen molar-refractivity contribution in [1.29, 1.82) is 0 Å². The van der Waals surface area contributed by atoms with Crippen LogP contribution in [0.15, 0.2) is 96.3 Å². The van der Waals surface area contributed by atoms with Crippen molar-refractivity contribution in [3.05, 3.63) is 102 Å². The highest BCUT2D eigenvalue weighted by atomic mass is 32.2. The summed E-state index contributed by atoms with van der Waals surface area (Å²) in [5.41, 5.74) is 2.52. The van der Waals surface area contributed by atoms with Crippen LogP contribution in [0.4, 0.5) is 13.2 Å². The van der Waals surface area contributed by atoms with E-state index < -0.39 is 11.7 Å². The highest BCUT2D eigenvalue weighted by molar-refractivity contribution is 7.98. The first-order valence-corrected chi connectivity index (χ1v) is 9.98. The molecule has 0 unspecified atom stereocenters. The monoisotopic (exact) mass is 410 g/mol. The zero-order valence-electron chi connectivity index (χ0n) is 15.3. The van der Waals surface area contributed by atoms with E-state index in [1.807, 2.05) is 60.7 Å². The zero-order valence-corrected chi connectivity index (χ0v) is 16.1. The van der Waals surface area contributed by atoms with Crippen LogP contribution in [0.1, 0.15) is 11.1 Å². The first-order valence-electron chi connectivity index (χ1n) is 9.00. The number of benzene rings is 3. The molecule has 4 rings (SSSR count). The third-order valence-electron chi connectivity index (χ3n) is 4.44. The van der Waals surface area contributed by atoms with E-state index in [-0.39, 0.29) is 0 Å². The second kappa shape index (κ2) is 8.17. The lowest BCUT2D eigenvalue weighted by Gasteiger charge is -2.14. The second-order valence-corrected chi connectivity index (χ2v) is 7.39. The predicted octanol–water partition coefficient (Wildman–Crippen LogP) is 6.85. The summed E-state index contributed by atoms with van der Waals surface area (Å²) in [6.07, 6.45) is -2.69. The lowest BCUT2D eigenvalue weighted by Crippen LogP contribution is -2.07. The molecule has 1 heterocycles. The van der Waals surface area contributed by atoms with Gasteiger partial charge in [0.1, 0.15) is 0 Å². The molecule has 0 N–H and O–H groups in total. The van der Waals surface area contributed by atoms with E-state index >= 15 is 0 Å². The molecule has 29 heavy (non-hydrogen) atoms. The molecule has 0 spiro atoms. The van der Waals surface area contributed by atoms with Crippen molar-refractivity contribution in [2.24, 2.45) is 0 Å². The maximum Gasteiger partial charge on any atom is 0.416 e. The number of alkyl halides is 3. The van der Waals surface area contributed by atoms with Gasteiger partial charge in [0.15, 0.2) is 5.16 Å². The number of hydrogen-bond acceptors (Lipinski definition) is 2. The number of thioether (sulfide) groups is 1. The Bertz CT molecular complexity index is 1090. The van der Waals surface area contributed by atoms with Crippen LogP contribution < -0.4 is 0 Å². The van der Waals surface area contributed by atoms with Gasteiger partial charge in [-0.05, 0) is 23.8 Å². The van der Waals surface area contributed by atoms with Gasteiger partial charge in [-0.25, -0.2) is 4.98 Å². The Morgan fingerprint density at radius 2 is 1.52 bits per heavy atom. The molecule has 146 valence electrons. The number of nitrogens with zero attached hydrogens (tertiary/aromatic N) is 2. The van der Waals surface area contributed by atoms with E-state index in [1.165, 1.54) is 23.9 Å². The van der Waals surface area contributed by atoms with E-state index in [0.29, 0.717) is 16.6 Å². The Morgan fingerprint density at radius 3 is 2.21 bits per heavy atom. The van der Waals surface area contributed by atoms with Crippen LogP contribution in [0.25, 0.3) is 16.9 Å². The average molecular weight is 410 g/mol. The van der Waals surface area contributed by atoms with E-state index in [4.69, 9.17) is 0 Å². The summed E-state index contributed by atoms with van der Waals surface area (Å²) in [5, 5.41) is 0.645. The number of halogens is 3. The fourth-order valence-corrected chi connectivity index (χ4v) is 3.99. The van der Waals surface area contributed by atoms with Crippen molar-refractivity contribution in [3.8, 4) is 16.9 Å². The fourth-order valence-electron chi connectivity index (χ4n) is 3.04. The van der Waals surface area contributed by atoms with E-state index in [9.17, 15) is 13.2 Å². The Hall–Kier alpha value is -2.99. The highest BCUT2D eigenvalue weighted by Gasteiger charge is 2.31. The third-order valence-corrected chi connectivity index (χ3v) is 5.47. The molecule has 0 saturated heterocycles. The highest BCUT2D eigenvalue weighted by Crippen LogP contribution is 2.34. The first-order chi connectivity index (χ1) is 14.0. The standard InChI is InChI=1S/C23H17F3N2S/c24-23(25,26)19-12-7-13-20(14-19)28-21(18-10-5-2-6-11-18)15-27-22(28)29-16-17-8-3-1-4-9-17/h1-15H,16H2. The third kappa shape index (κ3) is 4.38. The van der Waals surface area contributed by atoms with Crippen molar-refractivity contribution in [2.75, 3.05) is 0 Å². The van der Waals surface area contributed by atoms with Gasteiger partial charge in [-0.15, -0.1) is 0 Å². The molecular formula is C23H17F3N2S. The van der Waals surface area contributed by atoms with Crippen LogP contribution in [0, 0.1) is 0 Å². The average Bonchev–Trinajstić information content (AvgIpc) is 3.17. The van der Waals surface area contributed by atoms with Crippen molar-refractivity contribution >= 4 is 11.8 Å². The van der Waals surface area contributed by atoms with Crippen LogP contribution in [0.2, 0.25) is 0 Å². The molecule has 0 aliphatic rings. The lowest BCUT2D eigenvalue weighted by molar-refractivity contribution is -0.137. The van der Waals surface area contributed by atoms with Gasteiger partial charge in [0.05, 0.1) is 17.5 Å². The van der Waals surface area contributed by atoms with Gasteiger partial charge in [0, 0.05) is 17.0 Å². The molecule has 0 amide bonds. The van der Waals surface area contributed by atoms with Gasteiger partial charge < -0.3 is 0 Å². The molecular weight excluding hydrogens is 393 g/mol. The molecule has 4 aromatic rings. The molecule has 0 aliphatic heterocycles. The minimum Gasteiger partial charge on any atom is -0.287 e. The largest absolute Gasteiger partial charge is 0.416 e. The Kier molecular flexibility index (Phi) is 5.45. The Morgan fingerprint density at radius 1 is 0.828 bits per heavy atom. The SMILES string of the molecule is FC(F)(F)c1cccc(-n2c(-c3ccccc3)cnc2SCc2ccccc2)c1. The molecule has 6 heteroatoms. The molecule has 0 saturated carbocycles. The molecule has 3 aromatic carbocycles. The normalized spacial score (nSPS) is 11.6. The quantitative estimate of drug-likeness (QED) is 0.335. The van der Waals surface area contributed by atoms with Crippen LogP contribution in [-0.4, -0.2) is 9.55 Å². The molecule has 0 bridgehead atoms. The number of hydrogen-bond donors (Lipinski definition) is 0. The molecule has 1 aromatic heterocycles.